The summed E-state index contributed by atoms with van der Waals surface area (Å²) < 4.78 is 0. The summed E-state index contributed by atoms with van der Waals surface area (Å²) >= 11 is 6.22. The van der Waals surface area contributed by atoms with Gasteiger partial charge in [0.15, 0.2) is 5.29 Å². The van der Waals surface area contributed by atoms with Crippen molar-refractivity contribution in [3.05, 3.63) is 103 Å². The zero-order chi connectivity index (χ0) is 18.7. The minimum Gasteiger partial charge on any atom is -0.349 e. The predicted molar refractivity (Wildman–Crippen MR) is 117 cm³/mol. The van der Waals surface area contributed by atoms with Crippen molar-refractivity contribution in [2.45, 2.75) is 18.0 Å². The van der Waals surface area contributed by atoms with Crippen LogP contribution in [0.5, 0.6) is 0 Å². The summed E-state index contributed by atoms with van der Waals surface area (Å²) in [5, 5.41) is 6.24. The molecule has 2 aromatic carbocycles. The highest BCUT2D eigenvalue weighted by atomic mass is 35.5. The van der Waals surface area contributed by atoms with E-state index in [1.54, 1.807) is 0 Å². The van der Waals surface area contributed by atoms with Crippen LogP contribution in [0, 0.1) is 0 Å². The number of amidine groups is 1. The van der Waals surface area contributed by atoms with Crippen LogP contribution in [-0.4, -0.2) is 16.9 Å². The Morgan fingerprint density at radius 2 is 2.04 bits per heavy atom. The number of benzene rings is 2. The molecule has 1 aliphatic heterocycles. The van der Waals surface area contributed by atoms with Crippen molar-refractivity contribution in [1.29, 1.82) is 0 Å². The van der Waals surface area contributed by atoms with Crippen molar-refractivity contribution in [1.82, 2.24) is 5.32 Å². The number of allylic oxidation sites excluding steroid dienone is 6. The molecule has 2 nitrogen and oxygen atoms in total. The fraction of sp³-hybridized carbons (Fsp3) is 0.125. The Labute approximate surface area is 165 Å². The molecule has 0 fully saturated rings. The highest BCUT2D eigenvalue weighted by Gasteiger charge is 2.40. The summed E-state index contributed by atoms with van der Waals surface area (Å²) in [5.74, 6) is 0. The molecule has 4 rings (SSSR count). The van der Waals surface area contributed by atoms with Gasteiger partial charge in [0.2, 0.25) is 0 Å². The van der Waals surface area contributed by atoms with Gasteiger partial charge in [0.1, 0.15) is 0 Å². The smallest absolute Gasteiger partial charge is 0.192 e. The van der Waals surface area contributed by atoms with E-state index >= 15 is 0 Å². The number of halogens is 1. The molecule has 2 aromatic rings. The number of aliphatic imine (C=N–C) groups is 1. The first-order chi connectivity index (χ1) is 13.2. The monoisotopic (exact) mass is 372 g/mol. The lowest BCUT2D eigenvalue weighted by Gasteiger charge is -2.30. The van der Waals surface area contributed by atoms with E-state index in [-0.39, 0.29) is 11.6 Å². The zero-order valence-electron chi connectivity index (χ0n) is 15.0. The van der Waals surface area contributed by atoms with Gasteiger partial charge < -0.3 is 5.32 Å². The Bertz CT molecular complexity index is 1020. The number of hydrogen-bond donors (Lipinski definition) is 1. The average molecular weight is 373 g/mol. The van der Waals surface area contributed by atoms with Crippen LogP contribution in [-0.2, 0) is 0 Å². The molecule has 0 bridgehead atoms. The minimum atomic E-state index is -0.277. The third-order valence-electron chi connectivity index (χ3n) is 5.07. The van der Waals surface area contributed by atoms with Crippen LogP contribution < -0.4 is 5.32 Å². The molecule has 1 N–H and O–H groups in total. The molecule has 1 unspecified atom stereocenters. The van der Waals surface area contributed by atoms with Crippen molar-refractivity contribution in [3.8, 4) is 0 Å². The third-order valence-corrected chi connectivity index (χ3v) is 5.26. The topological polar surface area (TPSA) is 24.4 Å². The van der Waals surface area contributed by atoms with Crippen LogP contribution in [0.3, 0.4) is 0 Å². The summed E-state index contributed by atoms with van der Waals surface area (Å²) in [6.45, 7) is 3.89. The second kappa shape index (κ2) is 7.42. The molecule has 2 aliphatic rings. The molecule has 0 saturated heterocycles. The molecule has 134 valence electrons. The maximum atomic E-state index is 6.22. The first-order valence-corrected chi connectivity index (χ1v) is 9.44. The van der Waals surface area contributed by atoms with Crippen LogP contribution >= 0.6 is 11.6 Å². The van der Waals surface area contributed by atoms with E-state index in [0.29, 0.717) is 5.29 Å². The molecule has 0 saturated carbocycles. The summed E-state index contributed by atoms with van der Waals surface area (Å²) in [7, 11) is 0. The van der Waals surface area contributed by atoms with Gasteiger partial charge >= 0.3 is 0 Å². The van der Waals surface area contributed by atoms with E-state index < -0.39 is 0 Å². The van der Waals surface area contributed by atoms with Gasteiger partial charge in [0.25, 0.3) is 0 Å². The molecular formula is C24H21ClN2. The van der Waals surface area contributed by atoms with Gasteiger partial charge in [-0.2, -0.15) is 0 Å². The van der Waals surface area contributed by atoms with Crippen molar-refractivity contribution in [3.63, 3.8) is 0 Å². The summed E-state index contributed by atoms with van der Waals surface area (Å²) in [5.41, 5.74) is 2.00. The quantitative estimate of drug-likeness (QED) is 0.533. The number of fused-ring (bicyclic) bond motifs is 1. The molecule has 2 atom stereocenters. The Hall–Kier alpha value is -2.84. The van der Waals surface area contributed by atoms with E-state index in [2.05, 4.69) is 89.7 Å². The van der Waals surface area contributed by atoms with Crippen LogP contribution in [0.25, 0.3) is 16.3 Å². The fourth-order valence-electron chi connectivity index (χ4n) is 3.73. The van der Waals surface area contributed by atoms with Crippen molar-refractivity contribution in [2.24, 2.45) is 4.99 Å². The maximum Gasteiger partial charge on any atom is 0.192 e. The lowest BCUT2D eigenvalue weighted by molar-refractivity contribution is 0.462. The normalized spacial score (nSPS) is 24.6. The molecule has 3 heteroatoms. The van der Waals surface area contributed by atoms with Gasteiger partial charge in [-0.3, -0.25) is 0 Å². The molecule has 0 aromatic heterocycles. The highest BCUT2D eigenvalue weighted by molar-refractivity contribution is 6.65. The summed E-state index contributed by atoms with van der Waals surface area (Å²) in [6.07, 6.45) is 17.4. The molecule has 0 amide bonds. The lowest BCUT2D eigenvalue weighted by Crippen LogP contribution is -2.47. The van der Waals surface area contributed by atoms with E-state index in [1.165, 1.54) is 16.3 Å². The standard InChI is InChI=1S/C24H21ClN2/c1-2-9-18(21-13-8-11-19-10-4-5-12-20(19)21)14-15-22-24(27-23(25)26-22)16-6-3-7-17-24/h2-16,22H,1,17H2,(H,26,27)/b15-14-,18-9+/t22?,24-/m1/s1. The fourth-order valence-corrected chi connectivity index (χ4v) is 4.01. The minimum absolute atomic E-state index is 0.0607. The summed E-state index contributed by atoms with van der Waals surface area (Å²) in [6, 6.07) is 14.7. The van der Waals surface area contributed by atoms with Gasteiger partial charge in [-0.05, 0) is 39.9 Å². The first-order valence-electron chi connectivity index (χ1n) is 9.07. The van der Waals surface area contributed by atoms with E-state index in [1.807, 2.05) is 18.2 Å². The second-order valence-electron chi connectivity index (χ2n) is 6.77. The van der Waals surface area contributed by atoms with Crippen LogP contribution in [0.4, 0.5) is 0 Å². The number of nitrogens with zero attached hydrogens (tertiary/aromatic N) is 1. The molecule has 1 heterocycles. The Morgan fingerprint density at radius 1 is 1.19 bits per heavy atom. The maximum absolute atomic E-state index is 6.22. The van der Waals surface area contributed by atoms with Gasteiger partial charge in [0, 0.05) is 0 Å². The number of nitrogens with one attached hydrogen (secondary N) is 1. The van der Waals surface area contributed by atoms with Crippen LogP contribution in [0.1, 0.15) is 12.0 Å². The Kier molecular flexibility index (Phi) is 4.83. The van der Waals surface area contributed by atoms with E-state index in [4.69, 9.17) is 11.6 Å². The number of rotatable bonds is 4. The zero-order valence-corrected chi connectivity index (χ0v) is 15.7. The van der Waals surface area contributed by atoms with Gasteiger partial charge in [-0.15, -0.1) is 0 Å². The summed E-state index contributed by atoms with van der Waals surface area (Å²) in [4.78, 5) is 4.60. The first kappa shape index (κ1) is 17.6. The van der Waals surface area contributed by atoms with Gasteiger partial charge in [-0.1, -0.05) is 97.7 Å². The highest BCUT2D eigenvalue weighted by Crippen LogP contribution is 2.32. The average Bonchev–Trinajstić information content (AvgIpc) is 2.99. The Balaban J connectivity index is 1.72. The van der Waals surface area contributed by atoms with Crippen LogP contribution in [0.2, 0.25) is 0 Å². The second-order valence-corrected chi connectivity index (χ2v) is 7.12. The van der Waals surface area contributed by atoms with Gasteiger partial charge in [-0.25, -0.2) is 4.99 Å². The molecule has 1 spiro atoms. The van der Waals surface area contributed by atoms with Gasteiger partial charge in [0.05, 0.1) is 11.6 Å². The van der Waals surface area contributed by atoms with Crippen molar-refractivity contribution >= 4 is 33.2 Å². The van der Waals surface area contributed by atoms with Crippen LogP contribution in [0.15, 0.2) is 103 Å². The third kappa shape index (κ3) is 3.41. The number of hydrogen-bond acceptors (Lipinski definition) is 2. The molecule has 0 radical (unpaired) electrons. The largest absolute Gasteiger partial charge is 0.349 e. The molecular weight excluding hydrogens is 352 g/mol. The van der Waals surface area contributed by atoms with Crippen molar-refractivity contribution < 1.29 is 0 Å². The van der Waals surface area contributed by atoms with E-state index in [0.717, 1.165) is 12.0 Å². The molecule has 27 heavy (non-hydrogen) atoms. The van der Waals surface area contributed by atoms with Crippen molar-refractivity contribution in [2.75, 3.05) is 0 Å². The Morgan fingerprint density at radius 3 is 2.85 bits per heavy atom. The lowest BCUT2D eigenvalue weighted by atomic mass is 9.84. The van der Waals surface area contributed by atoms with E-state index in [9.17, 15) is 0 Å². The SMILES string of the molecule is C=C/C=C(\C=C/C1N=C(Cl)N[C@@]12C=CC=CC2)c1cccc2ccccc12. The predicted octanol–water partition coefficient (Wildman–Crippen LogP) is 5.79. The molecule has 1 aliphatic carbocycles.